The Labute approximate surface area is 118 Å². The van der Waals surface area contributed by atoms with Gasteiger partial charge in [-0.3, -0.25) is 5.10 Å². The highest BCUT2D eigenvalue weighted by molar-refractivity contribution is 9.10. The van der Waals surface area contributed by atoms with Gasteiger partial charge in [-0.2, -0.15) is 5.10 Å². The number of aromatic amines is 1. The number of nitrogens with zero attached hydrogens (tertiary/aromatic N) is 1. The summed E-state index contributed by atoms with van der Waals surface area (Å²) >= 11 is 3.36. The van der Waals surface area contributed by atoms with Gasteiger partial charge in [0.15, 0.2) is 0 Å². The Bertz CT molecular complexity index is 724. The van der Waals surface area contributed by atoms with E-state index in [1.165, 1.54) is 12.1 Å². The highest BCUT2D eigenvalue weighted by Crippen LogP contribution is 2.21. The van der Waals surface area contributed by atoms with Crippen molar-refractivity contribution in [1.29, 1.82) is 0 Å². The molecule has 0 amide bonds. The molecular weight excluding hydrogens is 309 g/mol. The Hall–Kier alpha value is -1.88. The van der Waals surface area contributed by atoms with Crippen molar-refractivity contribution in [2.75, 3.05) is 5.32 Å². The van der Waals surface area contributed by atoms with Gasteiger partial charge in [-0.1, -0.05) is 22.0 Å². The molecule has 0 bridgehead atoms. The molecule has 1 aromatic heterocycles. The molecule has 2 aromatic carbocycles. The van der Waals surface area contributed by atoms with E-state index < -0.39 is 0 Å². The Morgan fingerprint density at radius 1 is 1.21 bits per heavy atom. The van der Waals surface area contributed by atoms with Crippen LogP contribution in [0.4, 0.5) is 10.1 Å². The topological polar surface area (TPSA) is 40.7 Å². The number of aromatic nitrogens is 2. The van der Waals surface area contributed by atoms with Crippen LogP contribution in [0.15, 0.2) is 47.1 Å². The van der Waals surface area contributed by atoms with Gasteiger partial charge in [-0.05, 0) is 35.9 Å². The van der Waals surface area contributed by atoms with Crippen LogP contribution in [0.25, 0.3) is 10.9 Å². The van der Waals surface area contributed by atoms with Gasteiger partial charge in [0.2, 0.25) is 0 Å². The molecule has 0 unspecified atom stereocenters. The zero-order valence-corrected chi connectivity index (χ0v) is 11.5. The molecule has 3 aromatic rings. The highest BCUT2D eigenvalue weighted by atomic mass is 79.9. The molecule has 19 heavy (non-hydrogen) atoms. The summed E-state index contributed by atoms with van der Waals surface area (Å²) in [6.07, 6.45) is 1.79. The number of halogens is 2. The minimum atomic E-state index is -0.240. The first-order chi connectivity index (χ1) is 9.22. The number of benzene rings is 2. The van der Waals surface area contributed by atoms with E-state index in [9.17, 15) is 4.39 Å². The second-order valence-electron chi connectivity index (χ2n) is 4.26. The van der Waals surface area contributed by atoms with E-state index in [-0.39, 0.29) is 5.82 Å². The fourth-order valence-corrected chi connectivity index (χ4v) is 2.41. The second-order valence-corrected chi connectivity index (χ2v) is 5.12. The fraction of sp³-hybridized carbons (Fsp3) is 0.0714. The van der Waals surface area contributed by atoms with Crippen LogP contribution in [-0.4, -0.2) is 10.2 Å². The zero-order chi connectivity index (χ0) is 13.2. The van der Waals surface area contributed by atoms with Gasteiger partial charge in [0.25, 0.3) is 0 Å². The van der Waals surface area contributed by atoms with E-state index in [1.807, 2.05) is 18.2 Å². The summed E-state index contributed by atoms with van der Waals surface area (Å²) in [4.78, 5) is 0. The van der Waals surface area contributed by atoms with Crippen LogP contribution < -0.4 is 5.32 Å². The van der Waals surface area contributed by atoms with Gasteiger partial charge in [-0.25, -0.2) is 4.39 Å². The standard InChI is InChI=1S/C14H11BrFN3/c15-13-6-11(16)2-1-9(13)7-17-12-3-4-14-10(5-12)8-18-19-14/h1-6,8,17H,7H2,(H,18,19). The number of hydrogen-bond acceptors (Lipinski definition) is 2. The zero-order valence-electron chi connectivity index (χ0n) is 9.95. The van der Waals surface area contributed by atoms with Gasteiger partial charge in [-0.15, -0.1) is 0 Å². The molecule has 0 saturated carbocycles. The van der Waals surface area contributed by atoms with Crippen LogP contribution in [0.3, 0.4) is 0 Å². The maximum absolute atomic E-state index is 13.0. The van der Waals surface area contributed by atoms with Crippen molar-refractivity contribution in [3.8, 4) is 0 Å². The van der Waals surface area contributed by atoms with Crippen molar-refractivity contribution >= 4 is 32.5 Å². The molecule has 1 heterocycles. The number of hydrogen-bond donors (Lipinski definition) is 2. The van der Waals surface area contributed by atoms with Crippen molar-refractivity contribution < 1.29 is 4.39 Å². The summed E-state index contributed by atoms with van der Waals surface area (Å²) < 4.78 is 13.8. The molecule has 0 radical (unpaired) electrons. The van der Waals surface area contributed by atoms with E-state index in [0.29, 0.717) is 6.54 Å². The summed E-state index contributed by atoms with van der Waals surface area (Å²) in [7, 11) is 0. The predicted octanol–water partition coefficient (Wildman–Crippen LogP) is 4.08. The fourth-order valence-electron chi connectivity index (χ4n) is 1.92. The lowest BCUT2D eigenvalue weighted by molar-refractivity contribution is 0.626. The molecule has 2 N–H and O–H groups in total. The maximum atomic E-state index is 13.0. The number of H-pyrrole nitrogens is 1. The Morgan fingerprint density at radius 3 is 2.95 bits per heavy atom. The van der Waals surface area contributed by atoms with Crippen molar-refractivity contribution in [2.24, 2.45) is 0 Å². The van der Waals surface area contributed by atoms with Crippen LogP contribution in [0.1, 0.15) is 5.56 Å². The number of rotatable bonds is 3. The van der Waals surface area contributed by atoms with Crippen molar-refractivity contribution in [2.45, 2.75) is 6.54 Å². The number of nitrogens with one attached hydrogen (secondary N) is 2. The molecular formula is C14H11BrFN3. The second kappa shape index (κ2) is 5.01. The monoisotopic (exact) mass is 319 g/mol. The van der Waals surface area contributed by atoms with E-state index in [2.05, 4.69) is 31.4 Å². The number of fused-ring (bicyclic) bond motifs is 1. The Balaban J connectivity index is 1.77. The largest absolute Gasteiger partial charge is 0.381 e. The first-order valence-electron chi connectivity index (χ1n) is 5.83. The molecule has 0 aliphatic carbocycles. The number of anilines is 1. The quantitative estimate of drug-likeness (QED) is 0.763. The Kier molecular flexibility index (Phi) is 3.21. The van der Waals surface area contributed by atoms with E-state index in [0.717, 1.165) is 26.6 Å². The minimum absolute atomic E-state index is 0.240. The molecule has 96 valence electrons. The summed E-state index contributed by atoms with van der Waals surface area (Å²) in [6, 6.07) is 10.7. The molecule has 0 aliphatic rings. The lowest BCUT2D eigenvalue weighted by Gasteiger charge is -2.08. The molecule has 5 heteroatoms. The third-order valence-electron chi connectivity index (χ3n) is 2.94. The third kappa shape index (κ3) is 2.61. The van der Waals surface area contributed by atoms with E-state index in [1.54, 1.807) is 12.3 Å². The van der Waals surface area contributed by atoms with Crippen LogP contribution in [-0.2, 0) is 6.54 Å². The SMILES string of the molecule is Fc1ccc(CNc2ccc3[nH]ncc3c2)c(Br)c1. The summed E-state index contributed by atoms with van der Waals surface area (Å²) in [6.45, 7) is 0.629. The van der Waals surface area contributed by atoms with Crippen molar-refractivity contribution in [1.82, 2.24) is 10.2 Å². The van der Waals surface area contributed by atoms with Gasteiger partial charge in [0.1, 0.15) is 5.82 Å². The van der Waals surface area contributed by atoms with E-state index >= 15 is 0 Å². The van der Waals surface area contributed by atoms with Crippen molar-refractivity contribution in [3.63, 3.8) is 0 Å². The van der Waals surface area contributed by atoms with Gasteiger partial charge >= 0.3 is 0 Å². The molecule has 3 rings (SSSR count). The normalized spacial score (nSPS) is 10.8. The summed E-state index contributed by atoms with van der Waals surface area (Å²) in [5, 5.41) is 11.3. The third-order valence-corrected chi connectivity index (χ3v) is 3.68. The van der Waals surface area contributed by atoms with Gasteiger partial charge < -0.3 is 5.32 Å². The molecule has 0 aliphatic heterocycles. The van der Waals surface area contributed by atoms with Crippen LogP contribution in [0.5, 0.6) is 0 Å². The first kappa shape index (κ1) is 12.2. The Morgan fingerprint density at radius 2 is 2.11 bits per heavy atom. The highest BCUT2D eigenvalue weighted by Gasteiger charge is 2.02. The summed E-state index contributed by atoms with van der Waals surface area (Å²) in [5.74, 6) is -0.240. The van der Waals surface area contributed by atoms with Crippen molar-refractivity contribution in [3.05, 3.63) is 58.4 Å². The van der Waals surface area contributed by atoms with E-state index in [4.69, 9.17) is 0 Å². The van der Waals surface area contributed by atoms with Crippen LogP contribution in [0, 0.1) is 5.82 Å². The lowest BCUT2D eigenvalue weighted by atomic mass is 10.2. The van der Waals surface area contributed by atoms with Crippen LogP contribution >= 0.6 is 15.9 Å². The molecule has 0 fully saturated rings. The molecule has 0 spiro atoms. The molecule has 3 nitrogen and oxygen atoms in total. The average Bonchev–Trinajstić information content (AvgIpc) is 2.85. The predicted molar refractivity (Wildman–Crippen MR) is 77.5 cm³/mol. The lowest BCUT2D eigenvalue weighted by Crippen LogP contribution is -2.00. The van der Waals surface area contributed by atoms with Crippen LogP contribution in [0.2, 0.25) is 0 Å². The average molecular weight is 320 g/mol. The minimum Gasteiger partial charge on any atom is -0.381 e. The summed E-state index contributed by atoms with van der Waals surface area (Å²) in [5.41, 5.74) is 3.02. The maximum Gasteiger partial charge on any atom is 0.124 e. The first-order valence-corrected chi connectivity index (χ1v) is 6.62. The van der Waals surface area contributed by atoms with Gasteiger partial charge in [0.05, 0.1) is 11.7 Å². The molecule has 0 saturated heterocycles. The smallest absolute Gasteiger partial charge is 0.124 e. The van der Waals surface area contributed by atoms with Gasteiger partial charge in [0, 0.05) is 22.1 Å². The molecule has 0 atom stereocenters.